The van der Waals surface area contributed by atoms with E-state index in [1.165, 1.54) is 11.1 Å². The van der Waals surface area contributed by atoms with Gasteiger partial charge in [0.15, 0.2) is 0 Å². The zero-order chi connectivity index (χ0) is 23.5. The topological polar surface area (TPSA) is 37.8 Å². The summed E-state index contributed by atoms with van der Waals surface area (Å²) in [6.45, 7) is 11.0. The first-order valence-electron chi connectivity index (χ1n) is 11.6. The van der Waals surface area contributed by atoms with Gasteiger partial charge in [-0.3, -0.25) is 9.97 Å². The summed E-state index contributed by atoms with van der Waals surface area (Å²) in [5, 5.41) is 3.56. The molecule has 0 aliphatic carbocycles. The second kappa shape index (κ2) is 9.19. The molecule has 2 aromatic carbocycles. The number of pyridine rings is 2. The molecule has 0 aliphatic rings. The second-order valence-electron chi connectivity index (χ2n) is 9.76. The molecule has 4 rings (SSSR count). The molecule has 2 heterocycles. The van der Waals surface area contributed by atoms with Crippen LogP contribution in [0.4, 0.5) is 5.69 Å². The predicted octanol–water partition coefficient (Wildman–Crippen LogP) is 7.30. The average Bonchev–Trinajstić information content (AvgIpc) is 2.85. The largest absolute Gasteiger partial charge is 0.377 e. The Kier molecular flexibility index (Phi) is 6.33. The third kappa shape index (κ3) is 4.83. The minimum Gasteiger partial charge on any atom is -0.377 e. The smallest absolute Gasteiger partial charge is 0.0531 e. The number of benzene rings is 2. The van der Waals surface area contributed by atoms with E-state index in [1.807, 2.05) is 24.5 Å². The Morgan fingerprint density at radius 1 is 0.606 bits per heavy atom. The normalized spacial score (nSPS) is 12.9. The lowest BCUT2D eigenvalue weighted by Crippen LogP contribution is -2.21. The maximum Gasteiger partial charge on any atom is 0.0531 e. The van der Waals surface area contributed by atoms with Crippen LogP contribution in [0, 0.1) is 0 Å². The molecule has 0 radical (unpaired) electrons. The molecular formula is C30H33N3. The number of hydrogen-bond donors (Lipinski definition) is 1. The Morgan fingerprint density at radius 2 is 1.09 bits per heavy atom. The summed E-state index contributed by atoms with van der Waals surface area (Å²) in [4.78, 5) is 9.59. The second-order valence-corrected chi connectivity index (χ2v) is 9.76. The van der Waals surface area contributed by atoms with Crippen LogP contribution in [0.5, 0.6) is 0 Å². The zero-order valence-corrected chi connectivity index (χ0v) is 20.2. The summed E-state index contributed by atoms with van der Waals surface area (Å²) in [6.07, 6.45) is 3.91. The fraction of sp³-hybridized carbons (Fsp3) is 0.267. The highest BCUT2D eigenvalue weighted by Gasteiger charge is 2.25. The van der Waals surface area contributed by atoms with Crippen molar-refractivity contribution in [1.29, 1.82) is 0 Å². The predicted molar refractivity (Wildman–Crippen MR) is 138 cm³/mol. The van der Waals surface area contributed by atoms with Gasteiger partial charge in [-0.25, -0.2) is 0 Å². The van der Waals surface area contributed by atoms with E-state index in [1.54, 1.807) is 0 Å². The van der Waals surface area contributed by atoms with E-state index in [0.717, 1.165) is 22.6 Å². The third-order valence-corrected chi connectivity index (χ3v) is 6.70. The van der Waals surface area contributed by atoms with Gasteiger partial charge in [-0.05, 0) is 41.8 Å². The Morgan fingerprint density at radius 3 is 1.52 bits per heavy atom. The summed E-state index contributed by atoms with van der Waals surface area (Å²) in [5.74, 6) is 0. The number of hydrogen-bond acceptors (Lipinski definition) is 3. The summed E-state index contributed by atoms with van der Waals surface area (Å²) >= 11 is 0. The first-order valence-corrected chi connectivity index (χ1v) is 11.6. The van der Waals surface area contributed by atoms with Gasteiger partial charge >= 0.3 is 0 Å². The molecule has 0 spiro atoms. The highest BCUT2D eigenvalue weighted by atomic mass is 14.9. The highest BCUT2D eigenvalue weighted by molar-refractivity contribution is 5.46. The first-order chi connectivity index (χ1) is 15.8. The minimum atomic E-state index is -0.142. The molecule has 168 valence electrons. The summed E-state index contributed by atoms with van der Waals surface area (Å²) in [5.41, 5.74) is 6.52. The van der Waals surface area contributed by atoms with Gasteiger partial charge in [0.2, 0.25) is 0 Å². The van der Waals surface area contributed by atoms with Gasteiger partial charge < -0.3 is 5.32 Å². The van der Waals surface area contributed by atoms with E-state index in [-0.39, 0.29) is 16.9 Å². The van der Waals surface area contributed by atoms with Crippen LogP contribution < -0.4 is 5.32 Å². The van der Waals surface area contributed by atoms with Crippen LogP contribution >= 0.6 is 0 Å². The van der Waals surface area contributed by atoms with Crippen molar-refractivity contribution in [3.05, 3.63) is 125 Å². The van der Waals surface area contributed by atoms with Gasteiger partial charge in [-0.2, -0.15) is 0 Å². The molecule has 1 N–H and O–H groups in total. The fourth-order valence-corrected chi connectivity index (χ4v) is 4.22. The van der Waals surface area contributed by atoms with Crippen LogP contribution in [0.1, 0.15) is 68.7 Å². The molecule has 0 saturated heterocycles. The molecule has 1 unspecified atom stereocenters. The number of anilines is 1. The standard InChI is InChI=1S/C30H33N3/c1-22(23-16-18-27(31-20-23)29(2,3)24-12-8-6-9-13-24)33-26-17-19-28(32-21-26)30(4,5)25-14-10-7-11-15-25/h6-22,33H,1-5H3. The van der Waals surface area contributed by atoms with Crippen LogP contribution in [-0.2, 0) is 10.8 Å². The Bertz CT molecular complexity index is 1160. The van der Waals surface area contributed by atoms with Crippen LogP contribution in [0.2, 0.25) is 0 Å². The maximum absolute atomic E-state index is 4.81. The molecule has 0 fully saturated rings. The Balaban J connectivity index is 1.46. The first kappa shape index (κ1) is 22.7. The van der Waals surface area contributed by atoms with E-state index >= 15 is 0 Å². The van der Waals surface area contributed by atoms with E-state index in [2.05, 4.69) is 113 Å². The molecular weight excluding hydrogens is 402 g/mol. The van der Waals surface area contributed by atoms with Crippen molar-refractivity contribution in [2.75, 3.05) is 5.32 Å². The van der Waals surface area contributed by atoms with E-state index in [9.17, 15) is 0 Å². The summed E-state index contributed by atoms with van der Waals surface area (Å²) in [6, 6.07) is 29.7. The van der Waals surface area contributed by atoms with Crippen molar-refractivity contribution in [3.8, 4) is 0 Å². The van der Waals surface area contributed by atoms with Crippen molar-refractivity contribution in [2.45, 2.75) is 51.5 Å². The van der Waals surface area contributed by atoms with Crippen LogP contribution in [0.15, 0.2) is 97.3 Å². The molecule has 0 amide bonds. The molecule has 1 atom stereocenters. The molecule has 0 bridgehead atoms. The highest BCUT2D eigenvalue weighted by Crippen LogP contribution is 2.32. The van der Waals surface area contributed by atoms with E-state index in [4.69, 9.17) is 9.97 Å². The quantitative estimate of drug-likeness (QED) is 0.331. The average molecular weight is 436 g/mol. The molecule has 2 aromatic heterocycles. The van der Waals surface area contributed by atoms with Crippen molar-refractivity contribution in [1.82, 2.24) is 9.97 Å². The third-order valence-electron chi connectivity index (χ3n) is 6.70. The van der Waals surface area contributed by atoms with Crippen LogP contribution in [-0.4, -0.2) is 9.97 Å². The monoisotopic (exact) mass is 435 g/mol. The SMILES string of the molecule is CC(Nc1ccc(C(C)(C)c2ccccc2)nc1)c1ccc(C(C)(C)c2ccccc2)nc1. The lowest BCUT2D eigenvalue weighted by atomic mass is 9.81. The maximum atomic E-state index is 4.81. The number of nitrogens with zero attached hydrogens (tertiary/aromatic N) is 2. The van der Waals surface area contributed by atoms with Gasteiger partial charge in [-0.15, -0.1) is 0 Å². The van der Waals surface area contributed by atoms with E-state index < -0.39 is 0 Å². The van der Waals surface area contributed by atoms with Gasteiger partial charge in [-0.1, -0.05) is 94.4 Å². The number of rotatable bonds is 7. The molecule has 3 nitrogen and oxygen atoms in total. The molecule has 33 heavy (non-hydrogen) atoms. The summed E-state index contributed by atoms with van der Waals surface area (Å²) < 4.78 is 0. The fourth-order valence-electron chi connectivity index (χ4n) is 4.22. The van der Waals surface area contributed by atoms with E-state index in [0.29, 0.717) is 0 Å². The molecule has 3 heteroatoms. The van der Waals surface area contributed by atoms with Crippen molar-refractivity contribution < 1.29 is 0 Å². The zero-order valence-electron chi connectivity index (χ0n) is 20.2. The number of aromatic nitrogens is 2. The lowest BCUT2D eigenvalue weighted by molar-refractivity contribution is 0.615. The Hall–Kier alpha value is -3.46. The van der Waals surface area contributed by atoms with Gasteiger partial charge in [0.1, 0.15) is 0 Å². The molecule has 0 aliphatic heterocycles. The van der Waals surface area contributed by atoms with Crippen LogP contribution in [0.25, 0.3) is 0 Å². The van der Waals surface area contributed by atoms with Crippen molar-refractivity contribution >= 4 is 5.69 Å². The minimum absolute atomic E-state index is 0.126. The summed E-state index contributed by atoms with van der Waals surface area (Å²) in [7, 11) is 0. The lowest BCUT2D eigenvalue weighted by Gasteiger charge is -2.26. The molecule has 0 saturated carbocycles. The number of nitrogens with one attached hydrogen (secondary N) is 1. The van der Waals surface area contributed by atoms with Crippen molar-refractivity contribution in [3.63, 3.8) is 0 Å². The molecule has 4 aromatic rings. The Labute approximate surface area is 198 Å². The van der Waals surface area contributed by atoms with Gasteiger partial charge in [0, 0.05) is 17.0 Å². The van der Waals surface area contributed by atoms with Gasteiger partial charge in [0.05, 0.1) is 29.3 Å². The van der Waals surface area contributed by atoms with Crippen LogP contribution in [0.3, 0.4) is 0 Å². The van der Waals surface area contributed by atoms with Crippen molar-refractivity contribution in [2.24, 2.45) is 0 Å². The van der Waals surface area contributed by atoms with Gasteiger partial charge in [0.25, 0.3) is 0 Å².